The number of alkyl halides is 6. The van der Waals surface area contributed by atoms with Gasteiger partial charge in [-0.1, -0.05) is 0 Å². The molecule has 1 aromatic heterocycles. The molecular formula is C8H5ClF5NO. The van der Waals surface area contributed by atoms with Crippen molar-refractivity contribution in [2.75, 3.05) is 0 Å². The van der Waals surface area contributed by atoms with Crippen LogP contribution in [0.25, 0.3) is 0 Å². The molecule has 2 nitrogen and oxygen atoms in total. The second kappa shape index (κ2) is 4.40. The van der Waals surface area contributed by atoms with Crippen LogP contribution in [0.2, 0.25) is 0 Å². The minimum atomic E-state index is -5.03. The van der Waals surface area contributed by atoms with E-state index in [1.54, 1.807) is 0 Å². The molecule has 0 atom stereocenters. The minimum Gasteiger partial charge on any atom is -0.318 e. The van der Waals surface area contributed by atoms with Gasteiger partial charge in [-0.3, -0.25) is 4.79 Å². The quantitative estimate of drug-likeness (QED) is 0.644. The molecule has 0 amide bonds. The van der Waals surface area contributed by atoms with Gasteiger partial charge >= 0.3 is 6.18 Å². The number of aromatic nitrogens is 1. The lowest BCUT2D eigenvalue weighted by Crippen LogP contribution is -2.22. The Morgan fingerprint density at radius 1 is 1.38 bits per heavy atom. The molecule has 0 aliphatic carbocycles. The van der Waals surface area contributed by atoms with Crippen LogP contribution in [0.15, 0.2) is 10.9 Å². The number of rotatable bonds is 2. The van der Waals surface area contributed by atoms with Crippen molar-refractivity contribution in [3.05, 3.63) is 33.2 Å². The van der Waals surface area contributed by atoms with E-state index in [-0.39, 0.29) is 5.56 Å². The number of hydrogen-bond acceptors (Lipinski definition) is 1. The first-order valence-corrected chi connectivity index (χ1v) is 4.48. The summed E-state index contributed by atoms with van der Waals surface area (Å²) >= 11 is 5.23. The van der Waals surface area contributed by atoms with Gasteiger partial charge in [-0.05, 0) is 6.07 Å². The summed E-state index contributed by atoms with van der Waals surface area (Å²) in [5.74, 6) is -0.437. The molecular weight excluding hydrogens is 257 g/mol. The highest BCUT2D eigenvalue weighted by molar-refractivity contribution is 6.17. The molecule has 0 saturated carbocycles. The maximum atomic E-state index is 12.3. The topological polar surface area (TPSA) is 32.9 Å². The number of aromatic amines is 1. The van der Waals surface area contributed by atoms with E-state index in [0.29, 0.717) is 6.07 Å². The molecule has 0 fully saturated rings. The molecule has 1 N–H and O–H groups in total. The maximum absolute atomic E-state index is 12.3. The second-order valence-corrected chi connectivity index (χ2v) is 3.15. The lowest BCUT2D eigenvalue weighted by atomic mass is 10.1. The van der Waals surface area contributed by atoms with Crippen LogP contribution in [-0.2, 0) is 12.1 Å². The zero-order valence-electron chi connectivity index (χ0n) is 7.54. The minimum absolute atomic E-state index is 0.329. The molecule has 8 heteroatoms. The van der Waals surface area contributed by atoms with Crippen LogP contribution in [-0.4, -0.2) is 4.98 Å². The lowest BCUT2D eigenvalue weighted by molar-refractivity contribution is -0.143. The van der Waals surface area contributed by atoms with E-state index in [9.17, 15) is 26.7 Å². The Labute approximate surface area is 91.0 Å². The van der Waals surface area contributed by atoms with Gasteiger partial charge in [-0.15, -0.1) is 11.6 Å². The highest BCUT2D eigenvalue weighted by Gasteiger charge is 2.37. The van der Waals surface area contributed by atoms with Gasteiger partial charge < -0.3 is 4.98 Å². The summed E-state index contributed by atoms with van der Waals surface area (Å²) in [6.45, 7) is 0. The van der Waals surface area contributed by atoms with Gasteiger partial charge in [0.1, 0.15) is 5.69 Å². The number of pyridine rings is 1. The summed E-state index contributed by atoms with van der Waals surface area (Å²) in [4.78, 5) is 12.4. The Bertz CT molecular complexity index is 439. The number of nitrogens with one attached hydrogen (secondary N) is 1. The van der Waals surface area contributed by atoms with Crippen molar-refractivity contribution in [2.45, 2.75) is 18.5 Å². The zero-order chi connectivity index (χ0) is 12.5. The third kappa shape index (κ3) is 2.52. The first-order chi connectivity index (χ1) is 7.27. The van der Waals surface area contributed by atoms with Gasteiger partial charge in [-0.2, -0.15) is 13.2 Å². The molecule has 0 aliphatic rings. The number of hydrogen-bond donors (Lipinski definition) is 1. The van der Waals surface area contributed by atoms with Crippen LogP contribution in [0.1, 0.15) is 23.2 Å². The molecule has 16 heavy (non-hydrogen) atoms. The monoisotopic (exact) mass is 261 g/mol. The van der Waals surface area contributed by atoms with E-state index in [4.69, 9.17) is 11.6 Å². The summed E-state index contributed by atoms with van der Waals surface area (Å²) in [6.07, 6.45) is -8.37. The lowest BCUT2D eigenvalue weighted by Gasteiger charge is -2.12. The fourth-order valence-electron chi connectivity index (χ4n) is 1.10. The maximum Gasteiger partial charge on any atom is 0.431 e. The van der Waals surface area contributed by atoms with E-state index in [1.807, 2.05) is 0 Å². The van der Waals surface area contributed by atoms with Crippen molar-refractivity contribution in [1.82, 2.24) is 4.98 Å². The Hall–Kier alpha value is -1.11. The van der Waals surface area contributed by atoms with Crippen LogP contribution < -0.4 is 5.56 Å². The Balaban J connectivity index is 3.49. The van der Waals surface area contributed by atoms with E-state index in [1.165, 1.54) is 4.98 Å². The van der Waals surface area contributed by atoms with Gasteiger partial charge in [0.25, 0.3) is 12.0 Å². The molecule has 0 aliphatic heterocycles. The molecule has 0 saturated heterocycles. The summed E-state index contributed by atoms with van der Waals surface area (Å²) in [7, 11) is 0. The molecule has 1 rings (SSSR count). The highest BCUT2D eigenvalue weighted by Crippen LogP contribution is 2.34. The van der Waals surface area contributed by atoms with Crippen LogP contribution in [0.4, 0.5) is 22.0 Å². The van der Waals surface area contributed by atoms with Gasteiger partial charge in [0.15, 0.2) is 0 Å². The number of H-pyrrole nitrogens is 1. The molecule has 0 radical (unpaired) electrons. The third-order valence-corrected chi connectivity index (χ3v) is 2.10. The molecule has 1 heterocycles. The Kier molecular flexibility index (Phi) is 3.57. The molecule has 0 bridgehead atoms. The van der Waals surface area contributed by atoms with Crippen LogP contribution in [0, 0.1) is 0 Å². The predicted octanol–water partition coefficient (Wildman–Crippen LogP) is 3.07. The van der Waals surface area contributed by atoms with Gasteiger partial charge in [0.05, 0.1) is 5.88 Å². The summed E-state index contributed by atoms with van der Waals surface area (Å²) in [5.41, 5.74) is -4.46. The van der Waals surface area contributed by atoms with Crippen molar-refractivity contribution in [1.29, 1.82) is 0 Å². The smallest absolute Gasteiger partial charge is 0.318 e. The Morgan fingerprint density at radius 2 is 1.94 bits per heavy atom. The summed E-state index contributed by atoms with van der Waals surface area (Å²) < 4.78 is 61.5. The van der Waals surface area contributed by atoms with Crippen molar-refractivity contribution in [3.63, 3.8) is 0 Å². The van der Waals surface area contributed by atoms with E-state index in [0.717, 1.165) is 0 Å². The zero-order valence-corrected chi connectivity index (χ0v) is 8.29. The van der Waals surface area contributed by atoms with Crippen LogP contribution >= 0.6 is 11.6 Å². The highest BCUT2D eigenvalue weighted by atomic mass is 35.5. The first-order valence-electron chi connectivity index (χ1n) is 3.94. The third-order valence-electron chi connectivity index (χ3n) is 1.81. The molecule has 0 unspecified atom stereocenters. The van der Waals surface area contributed by atoms with Crippen LogP contribution in [0.5, 0.6) is 0 Å². The summed E-state index contributed by atoms with van der Waals surface area (Å²) in [5, 5.41) is 0. The molecule has 90 valence electrons. The predicted molar refractivity (Wildman–Crippen MR) is 46.6 cm³/mol. The second-order valence-electron chi connectivity index (χ2n) is 2.89. The largest absolute Gasteiger partial charge is 0.431 e. The van der Waals surface area contributed by atoms with Gasteiger partial charge in [0.2, 0.25) is 0 Å². The number of halogens is 6. The van der Waals surface area contributed by atoms with Crippen LogP contribution in [0.3, 0.4) is 0 Å². The van der Waals surface area contributed by atoms with E-state index < -0.39 is 35.3 Å². The van der Waals surface area contributed by atoms with E-state index in [2.05, 4.69) is 0 Å². The average Bonchev–Trinajstić information content (AvgIpc) is 2.15. The summed E-state index contributed by atoms with van der Waals surface area (Å²) in [6, 6.07) is 0.472. The standard InChI is InChI=1S/C8H5ClF5NO/c9-2-3-1-4(6(10)11)5(8(12,13)14)15-7(3)16/h1,6H,2H2,(H,15,16). The van der Waals surface area contributed by atoms with Crippen molar-refractivity contribution in [2.24, 2.45) is 0 Å². The normalized spacial score (nSPS) is 12.2. The fourth-order valence-corrected chi connectivity index (χ4v) is 1.30. The van der Waals surface area contributed by atoms with Crippen molar-refractivity contribution in [3.8, 4) is 0 Å². The van der Waals surface area contributed by atoms with Crippen molar-refractivity contribution >= 4 is 11.6 Å². The Morgan fingerprint density at radius 3 is 2.31 bits per heavy atom. The average molecular weight is 262 g/mol. The molecule has 1 aromatic rings. The first kappa shape index (κ1) is 13.0. The van der Waals surface area contributed by atoms with Gasteiger partial charge in [0, 0.05) is 11.1 Å². The van der Waals surface area contributed by atoms with Gasteiger partial charge in [-0.25, -0.2) is 8.78 Å². The van der Waals surface area contributed by atoms with Crippen molar-refractivity contribution < 1.29 is 22.0 Å². The molecule has 0 aromatic carbocycles. The fraction of sp³-hybridized carbons (Fsp3) is 0.375. The SMILES string of the molecule is O=c1[nH]c(C(F)(F)F)c(C(F)F)cc1CCl. The molecule has 0 spiro atoms. The van der Waals surface area contributed by atoms with E-state index >= 15 is 0 Å².